The van der Waals surface area contributed by atoms with Crippen molar-refractivity contribution in [1.82, 2.24) is 0 Å². The van der Waals surface area contributed by atoms with Crippen LogP contribution in [-0.4, -0.2) is 23.5 Å². The van der Waals surface area contributed by atoms with E-state index in [1.807, 2.05) is 32.0 Å². The Morgan fingerprint density at radius 3 is 2.44 bits per heavy atom. The van der Waals surface area contributed by atoms with E-state index in [0.29, 0.717) is 6.42 Å². The number of aryl methyl sites for hydroxylation is 2. The lowest BCUT2D eigenvalue weighted by molar-refractivity contribution is -0.136. The van der Waals surface area contributed by atoms with Gasteiger partial charge in [-0.2, -0.15) is 0 Å². The second-order valence-corrected chi connectivity index (χ2v) is 4.33. The Morgan fingerprint density at radius 2 is 1.94 bits per heavy atom. The first kappa shape index (κ1) is 14.2. The number of anilines is 1. The molecule has 98 valence electrons. The number of carboxylic acid groups (broad SMARTS) is 1. The van der Waals surface area contributed by atoms with E-state index in [0.717, 1.165) is 16.8 Å². The van der Waals surface area contributed by atoms with E-state index in [9.17, 15) is 9.59 Å². The largest absolute Gasteiger partial charge is 0.481 e. The van der Waals surface area contributed by atoms with Crippen LogP contribution in [0.25, 0.3) is 0 Å². The zero-order chi connectivity index (χ0) is 13.7. The molecule has 0 aromatic heterocycles. The summed E-state index contributed by atoms with van der Waals surface area (Å²) in [5.41, 5.74) is 2.91. The number of rotatable bonds is 5. The van der Waals surface area contributed by atoms with Gasteiger partial charge in [-0.15, -0.1) is 0 Å². The summed E-state index contributed by atoms with van der Waals surface area (Å²) in [7, 11) is 0. The molecule has 0 saturated heterocycles. The zero-order valence-electron chi connectivity index (χ0n) is 11.1. The highest BCUT2D eigenvalue weighted by atomic mass is 16.4. The van der Waals surface area contributed by atoms with E-state index < -0.39 is 5.97 Å². The molecule has 0 unspecified atom stereocenters. The molecule has 0 aliphatic heterocycles. The SMILES string of the molecule is CCC(=O)N(CCC(=O)O)c1ccc(C)cc1C. The summed E-state index contributed by atoms with van der Waals surface area (Å²) in [6.07, 6.45) is 0.325. The van der Waals surface area contributed by atoms with Gasteiger partial charge < -0.3 is 10.0 Å². The first-order valence-electron chi connectivity index (χ1n) is 6.05. The number of benzene rings is 1. The number of hydrogen-bond acceptors (Lipinski definition) is 2. The molecule has 0 atom stereocenters. The molecule has 1 aromatic rings. The van der Waals surface area contributed by atoms with Crippen molar-refractivity contribution in [2.24, 2.45) is 0 Å². The van der Waals surface area contributed by atoms with Crippen molar-refractivity contribution in [3.63, 3.8) is 0 Å². The van der Waals surface area contributed by atoms with E-state index in [-0.39, 0.29) is 18.9 Å². The van der Waals surface area contributed by atoms with Gasteiger partial charge in [0.15, 0.2) is 0 Å². The average molecular weight is 249 g/mol. The molecule has 18 heavy (non-hydrogen) atoms. The Bertz CT molecular complexity index is 454. The number of carboxylic acids is 1. The first-order valence-corrected chi connectivity index (χ1v) is 6.05. The van der Waals surface area contributed by atoms with Crippen molar-refractivity contribution in [2.45, 2.75) is 33.6 Å². The first-order chi connectivity index (χ1) is 8.45. The Kier molecular flexibility index (Phi) is 4.89. The second-order valence-electron chi connectivity index (χ2n) is 4.33. The van der Waals surface area contributed by atoms with Crippen molar-refractivity contribution in [1.29, 1.82) is 0 Å². The smallest absolute Gasteiger partial charge is 0.305 e. The van der Waals surface area contributed by atoms with E-state index >= 15 is 0 Å². The summed E-state index contributed by atoms with van der Waals surface area (Å²) in [6.45, 7) is 5.91. The van der Waals surface area contributed by atoms with Crippen LogP contribution >= 0.6 is 0 Å². The zero-order valence-corrected chi connectivity index (χ0v) is 11.1. The molecule has 0 spiro atoms. The Labute approximate surface area is 107 Å². The summed E-state index contributed by atoms with van der Waals surface area (Å²) in [4.78, 5) is 24.1. The van der Waals surface area contributed by atoms with Crippen LogP contribution in [-0.2, 0) is 9.59 Å². The second kappa shape index (κ2) is 6.19. The van der Waals surface area contributed by atoms with Crippen molar-refractivity contribution < 1.29 is 14.7 Å². The summed E-state index contributed by atoms with van der Waals surface area (Å²) in [5, 5.41) is 8.74. The van der Waals surface area contributed by atoms with Crippen LogP contribution in [0, 0.1) is 13.8 Å². The lowest BCUT2D eigenvalue weighted by Gasteiger charge is -2.23. The van der Waals surface area contributed by atoms with E-state index in [1.54, 1.807) is 11.8 Å². The third kappa shape index (κ3) is 3.58. The van der Waals surface area contributed by atoms with Gasteiger partial charge in [-0.25, -0.2) is 0 Å². The predicted octanol–water partition coefficient (Wildman–Crippen LogP) is 2.52. The maximum absolute atomic E-state index is 11.9. The van der Waals surface area contributed by atoms with Crippen LogP contribution in [0.3, 0.4) is 0 Å². The standard InChI is InChI=1S/C14H19NO3/c1-4-13(16)15(8-7-14(17)18)12-6-5-10(2)9-11(12)3/h5-6,9H,4,7-8H2,1-3H3,(H,17,18). The summed E-state index contributed by atoms with van der Waals surface area (Å²) in [5.74, 6) is -0.947. The van der Waals surface area contributed by atoms with Crippen LogP contribution in [0.5, 0.6) is 0 Å². The number of nitrogens with zero attached hydrogens (tertiary/aromatic N) is 1. The molecule has 1 amide bonds. The van der Waals surface area contributed by atoms with Gasteiger partial charge >= 0.3 is 5.97 Å². The van der Waals surface area contributed by atoms with Gasteiger partial charge in [-0.1, -0.05) is 24.6 Å². The van der Waals surface area contributed by atoms with Crippen molar-refractivity contribution in [3.05, 3.63) is 29.3 Å². The van der Waals surface area contributed by atoms with Crippen LogP contribution in [0.15, 0.2) is 18.2 Å². The highest BCUT2D eigenvalue weighted by molar-refractivity contribution is 5.94. The number of carbonyl (C=O) groups excluding carboxylic acids is 1. The lowest BCUT2D eigenvalue weighted by Crippen LogP contribution is -2.32. The number of amides is 1. The average Bonchev–Trinajstić information content (AvgIpc) is 2.30. The maximum atomic E-state index is 11.9. The monoisotopic (exact) mass is 249 g/mol. The fourth-order valence-electron chi connectivity index (χ4n) is 1.89. The van der Waals surface area contributed by atoms with Gasteiger partial charge in [0.05, 0.1) is 6.42 Å². The minimum absolute atomic E-state index is 0.0426. The number of carbonyl (C=O) groups is 2. The maximum Gasteiger partial charge on any atom is 0.305 e. The molecule has 0 aliphatic carbocycles. The predicted molar refractivity (Wildman–Crippen MR) is 70.8 cm³/mol. The Balaban J connectivity index is 3.01. The molecule has 0 saturated carbocycles. The molecule has 0 fully saturated rings. The lowest BCUT2D eigenvalue weighted by atomic mass is 10.1. The van der Waals surface area contributed by atoms with Gasteiger partial charge in [-0.3, -0.25) is 9.59 Å². The molecule has 1 rings (SSSR count). The van der Waals surface area contributed by atoms with Gasteiger partial charge in [0.25, 0.3) is 0 Å². The molecule has 0 bridgehead atoms. The normalized spacial score (nSPS) is 10.2. The number of aliphatic carboxylic acids is 1. The third-order valence-electron chi connectivity index (χ3n) is 2.80. The minimum Gasteiger partial charge on any atom is -0.481 e. The molecular formula is C14H19NO3. The molecule has 0 heterocycles. The highest BCUT2D eigenvalue weighted by Gasteiger charge is 2.16. The summed E-state index contributed by atoms with van der Waals surface area (Å²) < 4.78 is 0. The van der Waals surface area contributed by atoms with Crippen LogP contribution in [0.2, 0.25) is 0 Å². The fraction of sp³-hybridized carbons (Fsp3) is 0.429. The Morgan fingerprint density at radius 1 is 1.28 bits per heavy atom. The van der Waals surface area contributed by atoms with Gasteiger partial charge in [0, 0.05) is 18.7 Å². The van der Waals surface area contributed by atoms with Crippen molar-refractivity contribution in [3.8, 4) is 0 Å². The van der Waals surface area contributed by atoms with Crippen LogP contribution in [0.4, 0.5) is 5.69 Å². The van der Waals surface area contributed by atoms with E-state index in [1.165, 1.54) is 0 Å². The molecular weight excluding hydrogens is 230 g/mol. The Hall–Kier alpha value is -1.84. The van der Waals surface area contributed by atoms with E-state index in [4.69, 9.17) is 5.11 Å². The topological polar surface area (TPSA) is 57.6 Å². The van der Waals surface area contributed by atoms with Gasteiger partial charge in [-0.05, 0) is 25.5 Å². The van der Waals surface area contributed by atoms with E-state index in [2.05, 4.69) is 0 Å². The van der Waals surface area contributed by atoms with Gasteiger partial charge in [0.1, 0.15) is 0 Å². The molecule has 4 nitrogen and oxygen atoms in total. The number of hydrogen-bond donors (Lipinski definition) is 1. The third-order valence-corrected chi connectivity index (χ3v) is 2.80. The summed E-state index contributed by atoms with van der Waals surface area (Å²) >= 11 is 0. The molecule has 1 aromatic carbocycles. The van der Waals surface area contributed by atoms with Crippen molar-refractivity contribution >= 4 is 17.6 Å². The summed E-state index contributed by atoms with van der Waals surface area (Å²) in [6, 6.07) is 5.80. The molecule has 4 heteroatoms. The quantitative estimate of drug-likeness (QED) is 0.872. The molecule has 0 radical (unpaired) electrons. The van der Waals surface area contributed by atoms with Gasteiger partial charge in [0.2, 0.25) is 5.91 Å². The van der Waals surface area contributed by atoms with Crippen molar-refractivity contribution in [2.75, 3.05) is 11.4 Å². The molecule has 0 aliphatic rings. The van der Waals surface area contributed by atoms with Crippen LogP contribution in [0.1, 0.15) is 30.9 Å². The minimum atomic E-state index is -0.895. The molecule has 1 N–H and O–H groups in total. The highest BCUT2D eigenvalue weighted by Crippen LogP contribution is 2.22. The van der Waals surface area contributed by atoms with Crippen LogP contribution < -0.4 is 4.90 Å². The fourth-order valence-corrected chi connectivity index (χ4v) is 1.89.